The highest BCUT2D eigenvalue weighted by atomic mass is 35.5. The van der Waals surface area contributed by atoms with Crippen LogP contribution in [0.4, 0.5) is 0 Å². The Balaban J connectivity index is 2.11. The van der Waals surface area contributed by atoms with Gasteiger partial charge in [0.05, 0.1) is 22.8 Å². The minimum absolute atomic E-state index is 0.0781. The molecule has 0 aliphatic carbocycles. The van der Waals surface area contributed by atoms with Crippen LogP contribution in [0.1, 0.15) is 23.5 Å². The summed E-state index contributed by atoms with van der Waals surface area (Å²) >= 11 is 7.38. The number of rotatable bonds is 3. The van der Waals surface area contributed by atoms with E-state index < -0.39 is 0 Å². The normalized spacial score (nSPS) is 13.0. The molecule has 15 heavy (non-hydrogen) atoms. The summed E-state index contributed by atoms with van der Waals surface area (Å²) in [5, 5.41) is 7.97. The van der Waals surface area contributed by atoms with Crippen LogP contribution in [0.5, 0.6) is 0 Å². The largest absolute Gasteiger partial charge is 0.323 e. The molecular weight excluding hydrogens is 232 g/mol. The lowest BCUT2D eigenvalue weighted by Gasteiger charge is -1.97. The highest BCUT2D eigenvalue weighted by Crippen LogP contribution is 2.22. The molecule has 1 unspecified atom stereocenters. The standard InChI is InChI=1S/C9H11ClN4S/c1-6(11)8-5-14(13-12-8)4-7-2-3-9(10)15-7/h2-3,5-6H,4,11H2,1H3. The molecule has 2 N–H and O–H groups in total. The van der Waals surface area contributed by atoms with Gasteiger partial charge < -0.3 is 5.73 Å². The van der Waals surface area contributed by atoms with Crippen LogP contribution in [0.25, 0.3) is 0 Å². The molecule has 0 saturated heterocycles. The van der Waals surface area contributed by atoms with E-state index >= 15 is 0 Å². The summed E-state index contributed by atoms with van der Waals surface area (Å²) in [6, 6.07) is 3.79. The molecule has 0 amide bonds. The first-order chi connectivity index (χ1) is 7.15. The topological polar surface area (TPSA) is 56.7 Å². The second-order valence-corrected chi connectivity index (χ2v) is 5.14. The van der Waals surface area contributed by atoms with E-state index in [2.05, 4.69) is 10.3 Å². The van der Waals surface area contributed by atoms with Gasteiger partial charge in [-0.25, -0.2) is 4.68 Å². The van der Waals surface area contributed by atoms with Crippen molar-refractivity contribution in [3.8, 4) is 0 Å². The maximum atomic E-state index is 5.84. The molecule has 80 valence electrons. The minimum Gasteiger partial charge on any atom is -0.323 e. The van der Waals surface area contributed by atoms with E-state index in [1.165, 1.54) is 0 Å². The number of hydrogen-bond donors (Lipinski definition) is 1. The van der Waals surface area contributed by atoms with Gasteiger partial charge in [-0.05, 0) is 19.1 Å². The Hall–Kier alpha value is -0.910. The monoisotopic (exact) mass is 242 g/mol. The molecule has 2 aromatic rings. The predicted molar refractivity (Wildman–Crippen MR) is 61.1 cm³/mol. The number of nitrogens with two attached hydrogens (primary N) is 1. The van der Waals surface area contributed by atoms with Crippen LogP contribution in [-0.4, -0.2) is 15.0 Å². The Labute approximate surface area is 96.7 Å². The van der Waals surface area contributed by atoms with Crippen LogP contribution in [0.3, 0.4) is 0 Å². The molecular formula is C9H11ClN4S. The average molecular weight is 243 g/mol. The molecule has 4 nitrogen and oxygen atoms in total. The zero-order chi connectivity index (χ0) is 10.8. The number of aromatic nitrogens is 3. The second kappa shape index (κ2) is 4.30. The molecule has 0 saturated carbocycles. The van der Waals surface area contributed by atoms with Crippen molar-refractivity contribution in [1.29, 1.82) is 0 Å². The highest BCUT2D eigenvalue weighted by molar-refractivity contribution is 7.16. The molecule has 0 radical (unpaired) electrons. The van der Waals surface area contributed by atoms with Gasteiger partial charge in [-0.2, -0.15) is 0 Å². The predicted octanol–water partition coefficient (Wildman–Crippen LogP) is 2.06. The zero-order valence-corrected chi connectivity index (χ0v) is 9.79. The number of hydrogen-bond acceptors (Lipinski definition) is 4. The van der Waals surface area contributed by atoms with E-state index in [0.29, 0.717) is 6.54 Å². The summed E-state index contributed by atoms with van der Waals surface area (Å²) in [4.78, 5) is 1.15. The third kappa shape index (κ3) is 2.56. The lowest BCUT2D eigenvalue weighted by atomic mass is 10.3. The summed E-state index contributed by atoms with van der Waals surface area (Å²) in [5.41, 5.74) is 6.49. The lowest BCUT2D eigenvalue weighted by molar-refractivity contribution is 0.654. The van der Waals surface area contributed by atoms with Crippen molar-refractivity contribution in [1.82, 2.24) is 15.0 Å². The van der Waals surface area contributed by atoms with Gasteiger partial charge >= 0.3 is 0 Å². The Morgan fingerprint density at radius 3 is 2.93 bits per heavy atom. The number of thiophene rings is 1. The SMILES string of the molecule is CC(N)c1cn(Cc2ccc(Cl)s2)nn1. The van der Waals surface area contributed by atoms with Crippen molar-refractivity contribution >= 4 is 22.9 Å². The summed E-state index contributed by atoms with van der Waals surface area (Å²) in [6.07, 6.45) is 1.86. The van der Waals surface area contributed by atoms with Crippen molar-refractivity contribution in [3.05, 3.63) is 33.2 Å². The number of halogens is 1. The van der Waals surface area contributed by atoms with Crippen molar-refractivity contribution in [3.63, 3.8) is 0 Å². The van der Waals surface area contributed by atoms with Gasteiger partial charge in [-0.1, -0.05) is 16.8 Å². The van der Waals surface area contributed by atoms with Crippen LogP contribution < -0.4 is 5.73 Å². The summed E-state index contributed by atoms with van der Waals surface area (Å²) in [6.45, 7) is 2.58. The van der Waals surface area contributed by atoms with Gasteiger partial charge in [0, 0.05) is 10.9 Å². The van der Waals surface area contributed by atoms with Gasteiger partial charge in [-0.3, -0.25) is 0 Å². The molecule has 0 fully saturated rings. The van der Waals surface area contributed by atoms with Crippen molar-refractivity contribution in [2.24, 2.45) is 5.73 Å². The summed E-state index contributed by atoms with van der Waals surface area (Å²) in [5.74, 6) is 0. The minimum atomic E-state index is -0.0781. The molecule has 1 atom stereocenters. The molecule has 0 aromatic carbocycles. The first kappa shape index (κ1) is 10.6. The fourth-order valence-electron chi connectivity index (χ4n) is 1.20. The molecule has 2 aromatic heterocycles. The maximum Gasteiger partial charge on any atom is 0.0991 e. The molecule has 2 heterocycles. The van der Waals surface area contributed by atoms with E-state index in [1.807, 2.05) is 25.3 Å². The molecule has 0 aliphatic heterocycles. The first-order valence-electron chi connectivity index (χ1n) is 4.55. The van der Waals surface area contributed by atoms with Crippen molar-refractivity contribution < 1.29 is 0 Å². The lowest BCUT2D eigenvalue weighted by Crippen LogP contribution is -2.05. The molecule has 0 aliphatic rings. The first-order valence-corrected chi connectivity index (χ1v) is 5.74. The average Bonchev–Trinajstić information content (AvgIpc) is 2.76. The van der Waals surface area contributed by atoms with Crippen LogP contribution in [0.15, 0.2) is 18.3 Å². The number of nitrogens with zero attached hydrogens (tertiary/aromatic N) is 3. The Kier molecular flexibility index (Phi) is 3.04. The van der Waals surface area contributed by atoms with Crippen molar-refractivity contribution in [2.75, 3.05) is 0 Å². The Bertz CT molecular complexity index is 448. The second-order valence-electron chi connectivity index (χ2n) is 3.34. The smallest absolute Gasteiger partial charge is 0.0991 e. The van der Waals surface area contributed by atoms with Gasteiger partial charge in [0.1, 0.15) is 0 Å². The van der Waals surface area contributed by atoms with Crippen molar-refractivity contribution in [2.45, 2.75) is 19.5 Å². The highest BCUT2D eigenvalue weighted by Gasteiger charge is 2.06. The van der Waals surface area contributed by atoms with Gasteiger partial charge in [0.15, 0.2) is 0 Å². The van der Waals surface area contributed by atoms with E-state index in [0.717, 1.165) is 14.9 Å². The maximum absolute atomic E-state index is 5.84. The molecule has 6 heteroatoms. The summed E-state index contributed by atoms with van der Waals surface area (Å²) in [7, 11) is 0. The zero-order valence-electron chi connectivity index (χ0n) is 8.22. The molecule has 2 rings (SSSR count). The fourth-order valence-corrected chi connectivity index (χ4v) is 2.28. The summed E-state index contributed by atoms with van der Waals surface area (Å²) < 4.78 is 2.55. The van der Waals surface area contributed by atoms with E-state index in [4.69, 9.17) is 17.3 Å². The Morgan fingerprint density at radius 2 is 2.40 bits per heavy atom. The molecule has 0 bridgehead atoms. The third-order valence-corrected chi connectivity index (χ3v) is 3.19. The van der Waals surface area contributed by atoms with Gasteiger partial charge in [0.25, 0.3) is 0 Å². The van der Waals surface area contributed by atoms with Crippen LogP contribution in [0.2, 0.25) is 4.34 Å². The van der Waals surface area contributed by atoms with Gasteiger partial charge in [0.2, 0.25) is 0 Å². The van der Waals surface area contributed by atoms with E-state index in [1.54, 1.807) is 16.0 Å². The molecule has 0 spiro atoms. The third-order valence-electron chi connectivity index (χ3n) is 1.97. The van der Waals surface area contributed by atoms with Gasteiger partial charge in [-0.15, -0.1) is 16.4 Å². The Morgan fingerprint density at radius 1 is 1.60 bits per heavy atom. The van der Waals surface area contributed by atoms with Crippen LogP contribution >= 0.6 is 22.9 Å². The van der Waals surface area contributed by atoms with Crippen LogP contribution in [-0.2, 0) is 6.54 Å². The quantitative estimate of drug-likeness (QED) is 0.897. The van der Waals surface area contributed by atoms with E-state index in [-0.39, 0.29) is 6.04 Å². The fraction of sp³-hybridized carbons (Fsp3) is 0.333. The van der Waals surface area contributed by atoms with Crippen LogP contribution in [0, 0.1) is 0 Å². The van der Waals surface area contributed by atoms with E-state index in [9.17, 15) is 0 Å².